The number of carbonyl (C=O) groups is 1. The number of amides is 1. The standard InChI is InChI=1S/C18H21N5O/c1-22(2)11-6-10-19-18(24)15-9-12-23-17(20-15)13-16(21-23)14-7-4-3-5-8-14/h3-5,7-9,12-13H,6,10-11H2,1-2H3,(H,19,24). The monoisotopic (exact) mass is 323 g/mol. The number of carbonyl (C=O) groups excluding carboxylic acids is 1. The maximum atomic E-state index is 12.2. The smallest absolute Gasteiger partial charge is 0.270 e. The predicted molar refractivity (Wildman–Crippen MR) is 93.9 cm³/mol. The van der Waals surface area contributed by atoms with Gasteiger partial charge in [0.1, 0.15) is 5.69 Å². The molecule has 0 fully saturated rings. The zero-order valence-corrected chi connectivity index (χ0v) is 13.9. The van der Waals surface area contributed by atoms with Gasteiger partial charge in [0.15, 0.2) is 5.65 Å². The van der Waals surface area contributed by atoms with E-state index < -0.39 is 0 Å². The third-order valence-corrected chi connectivity index (χ3v) is 3.69. The average Bonchev–Trinajstić information content (AvgIpc) is 3.02. The highest BCUT2D eigenvalue weighted by molar-refractivity contribution is 5.92. The summed E-state index contributed by atoms with van der Waals surface area (Å²) in [6.07, 6.45) is 2.68. The van der Waals surface area contributed by atoms with Crippen LogP contribution in [0.2, 0.25) is 0 Å². The van der Waals surface area contributed by atoms with Gasteiger partial charge in [-0.25, -0.2) is 9.50 Å². The molecule has 0 bridgehead atoms. The average molecular weight is 323 g/mol. The molecule has 6 nitrogen and oxygen atoms in total. The minimum absolute atomic E-state index is 0.154. The van der Waals surface area contributed by atoms with E-state index in [2.05, 4.69) is 20.3 Å². The number of aromatic nitrogens is 3. The molecule has 6 heteroatoms. The Morgan fingerprint density at radius 1 is 1.21 bits per heavy atom. The zero-order chi connectivity index (χ0) is 16.9. The number of hydrogen-bond acceptors (Lipinski definition) is 4. The Morgan fingerprint density at radius 3 is 2.75 bits per heavy atom. The van der Waals surface area contributed by atoms with Crippen LogP contribution in [-0.2, 0) is 0 Å². The summed E-state index contributed by atoms with van der Waals surface area (Å²) >= 11 is 0. The SMILES string of the molecule is CN(C)CCCNC(=O)c1ccn2nc(-c3ccccc3)cc2n1. The van der Waals surface area contributed by atoms with Crippen LogP contribution in [0, 0.1) is 0 Å². The van der Waals surface area contributed by atoms with Crippen molar-refractivity contribution in [2.24, 2.45) is 0 Å². The second kappa shape index (κ2) is 7.23. The lowest BCUT2D eigenvalue weighted by Crippen LogP contribution is -2.27. The topological polar surface area (TPSA) is 62.5 Å². The summed E-state index contributed by atoms with van der Waals surface area (Å²) in [5, 5.41) is 7.39. The van der Waals surface area contributed by atoms with Crippen molar-refractivity contribution in [2.45, 2.75) is 6.42 Å². The van der Waals surface area contributed by atoms with Crippen LogP contribution in [0.5, 0.6) is 0 Å². The van der Waals surface area contributed by atoms with Crippen LogP contribution < -0.4 is 5.32 Å². The van der Waals surface area contributed by atoms with E-state index in [4.69, 9.17) is 0 Å². The molecule has 0 atom stereocenters. The van der Waals surface area contributed by atoms with E-state index in [1.807, 2.05) is 50.5 Å². The second-order valence-electron chi connectivity index (χ2n) is 5.92. The minimum atomic E-state index is -0.154. The van der Waals surface area contributed by atoms with Gasteiger partial charge in [0.05, 0.1) is 5.69 Å². The van der Waals surface area contributed by atoms with Crippen LogP contribution in [0.25, 0.3) is 16.9 Å². The molecule has 1 amide bonds. The Labute approximate surface area is 141 Å². The van der Waals surface area contributed by atoms with Crippen LogP contribution >= 0.6 is 0 Å². The summed E-state index contributed by atoms with van der Waals surface area (Å²) in [5.74, 6) is -0.154. The molecule has 3 aromatic rings. The first-order valence-corrected chi connectivity index (χ1v) is 7.98. The van der Waals surface area contributed by atoms with E-state index in [-0.39, 0.29) is 5.91 Å². The molecule has 0 aliphatic heterocycles. The van der Waals surface area contributed by atoms with Crippen molar-refractivity contribution in [3.05, 3.63) is 54.4 Å². The van der Waals surface area contributed by atoms with E-state index in [1.54, 1.807) is 16.8 Å². The Hall–Kier alpha value is -2.73. The fourth-order valence-electron chi connectivity index (χ4n) is 2.44. The van der Waals surface area contributed by atoms with Crippen molar-refractivity contribution in [1.29, 1.82) is 0 Å². The summed E-state index contributed by atoms with van der Waals surface area (Å²) in [6.45, 7) is 1.58. The van der Waals surface area contributed by atoms with Crippen LogP contribution in [0.4, 0.5) is 0 Å². The molecule has 24 heavy (non-hydrogen) atoms. The molecule has 0 aliphatic carbocycles. The quantitative estimate of drug-likeness (QED) is 0.706. The molecule has 2 aromatic heterocycles. The Kier molecular flexibility index (Phi) is 4.86. The molecule has 124 valence electrons. The van der Waals surface area contributed by atoms with E-state index in [0.29, 0.717) is 17.9 Å². The molecule has 1 N–H and O–H groups in total. The lowest BCUT2D eigenvalue weighted by atomic mass is 10.2. The molecule has 0 saturated heterocycles. The molecular formula is C18H21N5O. The van der Waals surface area contributed by atoms with Crippen molar-refractivity contribution in [3.63, 3.8) is 0 Å². The first-order valence-electron chi connectivity index (χ1n) is 7.98. The first kappa shape index (κ1) is 16.1. The third-order valence-electron chi connectivity index (χ3n) is 3.69. The minimum Gasteiger partial charge on any atom is -0.351 e. The first-order chi connectivity index (χ1) is 11.6. The molecule has 0 aliphatic rings. The molecule has 2 heterocycles. The van der Waals surface area contributed by atoms with Crippen molar-refractivity contribution in [1.82, 2.24) is 24.8 Å². The van der Waals surface area contributed by atoms with Gasteiger partial charge in [0, 0.05) is 24.4 Å². The number of fused-ring (bicyclic) bond motifs is 1. The lowest BCUT2D eigenvalue weighted by Gasteiger charge is -2.09. The largest absolute Gasteiger partial charge is 0.351 e. The Bertz CT molecular complexity index is 826. The molecular weight excluding hydrogens is 302 g/mol. The summed E-state index contributed by atoms with van der Waals surface area (Å²) in [6, 6.07) is 13.5. The van der Waals surface area contributed by atoms with Crippen LogP contribution in [0.1, 0.15) is 16.9 Å². The fourth-order valence-corrected chi connectivity index (χ4v) is 2.44. The van der Waals surface area contributed by atoms with Crippen molar-refractivity contribution in [2.75, 3.05) is 27.2 Å². The van der Waals surface area contributed by atoms with E-state index >= 15 is 0 Å². The number of hydrogen-bond donors (Lipinski definition) is 1. The van der Waals surface area contributed by atoms with E-state index in [9.17, 15) is 4.79 Å². The summed E-state index contributed by atoms with van der Waals surface area (Å²) in [5.41, 5.74) is 2.94. The molecule has 0 unspecified atom stereocenters. The number of benzene rings is 1. The van der Waals surface area contributed by atoms with Crippen molar-refractivity contribution < 1.29 is 4.79 Å². The van der Waals surface area contributed by atoms with Crippen molar-refractivity contribution in [3.8, 4) is 11.3 Å². The van der Waals surface area contributed by atoms with Gasteiger partial charge in [-0.2, -0.15) is 5.10 Å². The highest BCUT2D eigenvalue weighted by Gasteiger charge is 2.10. The van der Waals surface area contributed by atoms with Gasteiger partial charge in [-0.05, 0) is 33.1 Å². The fraction of sp³-hybridized carbons (Fsp3) is 0.278. The van der Waals surface area contributed by atoms with Gasteiger partial charge in [0.2, 0.25) is 0 Å². The summed E-state index contributed by atoms with van der Waals surface area (Å²) in [4.78, 5) is 18.7. The molecule has 1 aromatic carbocycles. The van der Waals surface area contributed by atoms with Crippen LogP contribution in [0.15, 0.2) is 48.7 Å². The van der Waals surface area contributed by atoms with Gasteiger partial charge >= 0.3 is 0 Å². The predicted octanol–water partition coefficient (Wildman–Crippen LogP) is 2.08. The summed E-state index contributed by atoms with van der Waals surface area (Å²) < 4.78 is 1.69. The summed E-state index contributed by atoms with van der Waals surface area (Å²) in [7, 11) is 4.03. The highest BCUT2D eigenvalue weighted by atomic mass is 16.1. The number of nitrogens with zero attached hydrogens (tertiary/aromatic N) is 4. The maximum Gasteiger partial charge on any atom is 0.270 e. The highest BCUT2D eigenvalue weighted by Crippen LogP contribution is 2.18. The van der Waals surface area contributed by atoms with Gasteiger partial charge < -0.3 is 10.2 Å². The lowest BCUT2D eigenvalue weighted by molar-refractivity contribution is 0.0947. The number of rotatable bonds is 6. The Morgan fingerprint density at radius 2 is 2.00 bits per heavy atom. The maximum absolute atomic E-state index is 12.2. The van der Waals surface area contributed by atoms with Crippen molar-refractivity contribution >= 4 is 11.6 Å². The number of nitrogens with one attached hydrogen (secondary N) is 1. The molecule has 0 radical (unpaired) electrons. The van der Waals surface area contributed by atoms with Crippen LogP contribution in [-0.4, -0.2) is 52.6 Å². The van der Waals surface area contributed by atoms with Gasteiger partial charge in [-0.3, -0.25) is 4.79 Å². The zero-order valence-electron chi connectivity index (χ0n) is 13.9. The Balaban J connectivity index is 1.73. The molecule has 3 rings (SSSR count). The molecule has 0 saturated carbocycles. The molecule has 0 spiro atoms. The van der Waals surface area contributed by atoms with Gasteiger partial charge in [-0.1, -0.05) is 30.3 Å². The van der Waals surface area contributed by atoms with E-state index in [0.717, 1.165) is 24.2 Å². The third kappa shape index (κ3) is 3.78. The van der Waals surface area contributed by atoms with Gasteiger partial charge in [-0.15, -0.1) is 0 Å². The van der Waals surface area contributed by atoms with Crippen LogP contribution in [0.3, 0.4) is 0 Å². The van der Waals surface area contributed by atoms with Gasteiger partial charge in [0.25, 0.3) is 5.91 Å². The normalized spacial score (nSPS) is 11.1. The second-order valence-corrected chi connectivity index (χ2v) is 5.92. The van der Waals surface area contributed by atoms with E-state index in [1.165, 1.54) is 0 Å².